The quantitative estimate of drug-likeness (QED) is 0.559. The summed E-state index contributed by atoms with van der Waals surface area (Å²) in [5, 5.41) is 1.52. The van der Waals surface area contributed by atoms with E-state index < -0.39 is 17.3 Å². The number of hydrogen-bond donors (Lipinski definition) is 1. The van der Waals surface area contributed by atoms with Gasteiger partial charge in [-0.1, -0.05) is 6.08 Å². The standard InChI is InChI=1S/C12H16N2O4/c13-10(16)12(5-3-4-9(12)8-15)11(17)18-14-6-1-2-7-14/h4,8H,1-3,5-7H2,(H2,13,16). The average molecular weight is 252 g/mol. The highest BCUT2D eigenvalue weighted by atomic mass is 16.7. The Hall–Kier alpha value is -1.69. The van der Waals surface area contributed by atoms with Gasteiger partial charge in [0.25, 0.3) is 0 Å². The summed E-state index contributed by atoms with van der Waals surface area (Å²) in [6.07, 6.45) is 4.68. The minimum Gasteiger partial charge on any atom is -0.368 e. The van der Waals surface area contributed by atoms with Gasteiger partial charge in [-0.05, 0) is 25.7 Å². The van der Waals surface area contributed by atoms with E-state index >= 15 is 0 Å². The van der Waals surface area contributed by atoms with E-state index in [0.717, 1.165) is 12.8 Å². The van der Waals surface area contributed by atoms with Crippen molar-refractivity contribution in [2.24, 2.45) is 11.1 Å². The number of aldehydes is 1. The number of amides is 1. The fraction of sp³-hybridized carbons (Fsp3) is 0.583. The molecule has 1 saturated heterocycles. The summed E-state index contributed by atoms with van der Waals surface area (Å²) in [4.78, 5) is 39.9. The average Bonchev–Trinajstić information content (AvgIpc) is 2.96. The van der Waals surface area contributed by atoms with Crippen molar-refractivity contribution in [1.82, 2.24) is 5.06 Å². The molecule has 1 atom stereocenters. The molecule has 0 spiro atoms. The summed E-state index contributed by atoms with van der Waals surface area (Å²) in [7, 11) is 0. The fourth-order valence-corrected chi connectivity index (χ4v) is 2.47. The number of nitrogens with zero attached hydrogens (tertiary/aromatic N) is 1. The predicted octanol–water partition coefficient (Wildman–Crippen LogP) is -0.0688. The fourth-order valence-electron chi connectivity index (χ4n) is 2.47. The molecule has 18 heavy (non-hydrogen) atoms. The minimum atomic E-state index is -1.59. The zero-order valence-electron chi connectivity index (χ0n) is 10.1. The van der Waals surface area contributed by atoms with Crippen molar-refractivity contribution in [3.05, 3.63) is 11.6 Å². The van der Waals surface area contributed by atoms with Crippen molar-refractivity contribution in [1.29, 1.82) is 0 Å². The lowest BCUT2D eigenvalue weighted by atomic mass is 9.81. The third kappa shape index (κ3) is 1.92. The Balaban J connectivity index is 2.19. The van der Waals surface area contributed by atoms with Crippen molar-refractivity contribution in [3.8, 4) is 0 Å². The van der Waals surface area contributed by atoms with E-state index in [0.29, 0.717) is 25.8 Å². The molecule has 1 aliphatic heterocycles. The molecule has 1 amide bonds. The lowest BCUT2D eigenvalue weighted by Gasteiger charge is -2.26. The Labute approximate surface area is 105 Å². The van der Waals surface area contributed by atoms with E-state index in [-0.39, 0.29) is 12.0 Å². The molecule has 0 radical (unpaired) electrons. The van der Waals surface area contributed by atoms with Gasteiger partial charge in [-0.3, -0.25) is 9.59 Å². The van der Waals surface area contributed by atoms with Crippen LogP contribution in [0.25, 0.3) is 0 Å². The number of hydrogen-bond acceptors (Lipinski definition) is 5. The summed E-state index contributed by atoms with van der Waals surface area (Å²) in [6.45, 7) is 1.31. The summed E-state index contributed by atoms with van der Waals surface area (Å²) < 4.78 is 0. The molecule has 2 aliphatic rings. The minimum absolute atomic E-state index is 0.124. The van der Waals surface area contributed by atoms with Crippen LogP contribution in [0.5, 0.6) is 0 Å². The first-order valence-electron chi connectivity index (χ1n) is 6.04. The molecule has 0 aromatic rings. The van der Waals surface area contributed by atoms with Gasteiger partial charge < -0.3 is 10.6 Å². The highest BCUT2D eigenvalue weighted by Crippen LogP contribution is 2.39. The van der Waals surface area contributed by atoms with Crippen LogP contribution in [0.1, 0.15) is 25.7 Å². The number of nitrogens with two attached hydrogens (primary N) is 1. The van der Waals surface area contributed by atoms with Crippen LogP contribution >= 0.6 is 0 Å². The van der Waals surface area contributed by atoms with Gasteiger partial charge in [0.05, 0.1) is 0 Å². The Morgan fingerprint density at radius 3 is 2.61 bits per heavy atom. The zero-order valence-corrected chi connectivity index (χ0v) is 10.1. The van der Waals surface area contributed by atoms with Crippen LogP contribution in [0.4, 0.5) is 0 Å². The van der Waals surface area contributed by atoms with E-state index in [2.05, 4.69) is 0 Å². The number of primary amides is 1. The number of carbonyl (C=O) groups is 3. The third-order valence-corrected chi connectivity index (χ3v) is 3.55. The van der Waals surface area contributed by atoms with Gasteiger partial charge in [0.2, 0.25) is 5.91 Å². The van der Waals surface area contributed by atoms with Crippen molar-refractivity contribution < 1.29 is 19.2 Å². The molecule has 6 heteroatoms. The Kier molecular flexibility index (Phi) is 3.47. The third-order valence-electron chi connectivity index (χ3n) is 3.55. The highest BCUT2D eigenvalue weighted by Gasteiger charge is 2.52. The van der Waals surface area contributed by atoms with Crippen LogP contribution in [-0.4, -0.2) is 36.3 Å². The largest absolute Gasteiger partial charge is 0.368 e. The summed E-state index contributed by atoms with van der Waals surface area (Å²) in [6, 6.07) is 0. The van der Waals surface area contributed by atoms with Crippen molar-refractivity contribution in [2.75, 3.05) is 13.1 Å². The van der Waals surface area contributed by atoms with Crippen molar-refractivity contribution in [3.63, 3.8) is 0 Å². The SMILES string of the molecule is NC(=O)C1(C(=O)ON2CCCC2)CCC=C1C=O. The zero-order chi connectivity index (χ0) is 13.2. The molecule has 1 unspecified atom stereocenters. The molecule has 0 bridgehead atoms. The van der Waals surface area contributed by atoms with Gasteiger partial charge in [0.1, 0.15) is 6.29 Å². The molecular formula is C12H16N2O4. The first-order chi connectivity index (χ1) is 8.61. The van der Waals surface area contributed by atoms with E-state index in [1.165, 1.54) is 5.06 Å². The van der Waals surface area contributed by atoms with Crippen molar-refractivity contribution in [2.45, 2.75) is 25.7 Å². The normalized spacial score (nSPS) is 27.9. The van der Waals surface area contributed by atoms with Crippen LogP contribution in [0, 0.1) is 5.41 Å². The molecule has 0 aromatic heterocycles. The van der Waals surface area contributed by atoms with E-state index in [4.69, 9.17) is 10.6 Å². The van der Waals surface area contributed by atoms with Crippen LogP contribution in [-0.2, 0) is 19.2 Å². The molecule has 2 rings (SSSR count). The van der Waals surface area contributed by atoms with Crippen LogP contribution in [0.2, 0.25) is 0 Å². The highest BCUT2D eigenvalue weighted by molar-refractivity contribution is 6.10. The number of hydroxylamine groups is 2. The summed E-state index contributed by atoms with van der Waals surface area (Å²) >= 11 is 0. The number of rotatable bonds is 4. The topological polar surface area (TPSA) is 89.7 Å². The predicted molar refractivity (Wildman–Crippen MR) is 61.9 cm³/mol. The number of allylic oxidation sites excluding steroid dienone is 1. The molecular weight excluding hydrogens is 236 g/mol. The van der Waals surface area contributed by atoms with Gasteiger partial charge in [0, 0.05) is 18.7 Å². The Morgan fingerprint density at radius 2 is 2.06 bits per heavy atom. The Morgan fingerprint density at radius 1 is 1.39 bits per heavy atom. The Bertz CT molecular complexity index is 412. The van der Waals surface area contributed by atoms with E-state index in [1.807, 2.05) is 0 Å². The first kappa shape index (κ1) is 12.8. The maximum atomic E-state index is 12.2. The second kappa shape index (κ2) is 4.89. The van der Waals surface area contributed by atoms with E-state index in [9.17, 15) is 14.4 Å². The number of carbonyl (C=O) groups excluding carboxylic acids is 3. The molecule has 6 nitrogen and oxygen atoms in total. The van der Waals surface area contributed by atoms with E-state index in [1.54, 1.807) is 6.08 Å². The van der Waals surface area contributed by atoms with Gasteiger partial charge in [0.15, 0.2) is 5.41 Å². The molecule has 1 heterocycles. The molecule has 98 valence electrons. The maximum Gasteiger partial charge on any atom is 0.345 e. The van der Waals surface area contributed by atoms with Gasteiger partial charge in [-0.2, -0.15) is 0 Å². The molecule has 1 aliphatic carbocycles. The summed E-state index contributed by atoms with van der Waals surface area (Å²) in [5.74, 6) is -1.55. The lowest BCUT2D eigenvalue weighted by Crippen LogP contribution is -2.47. The van der Waals surface area contributed by atoms with Gasteiger partial charge >= 0.3 is 5.97 Å². The molecule has 1 fully saturated rings. The molecule has 0 saturated carbocycles. The molecule has 2 N–H and O–H groups in total. The smallest absolute Gasteiger partial charge is 0.345 e. The van der Waals surface area contributed by atoms with Crippen LogP contribution in [0.15, 0.2) is 11.6 Å². The lowest BCUT2D eigenvalue weighted by molar-refractivity contribution is -0.196. The monoisotopic (exact) mass is 252 g/mol. The second-order valence-corrected chi connectivity index (χ2v) is 4.60. The summed E-state index contributed by atoms with van der Waals surface area (Å²) in [5.41, 5.74) is 3.85. The van der Waals surface area contributed by atoms with Gasteiger partial charge in [-0.15, -0.1) is 5.06 Å². The molecule has 0 aromatic carbocycles. The van der Waals surface area contributed by atoms with Crippen LogP contribution in [0.3, 0.4) is 0 Å². The second-order valence-electron chi connectivity index (χ2n) is 4.60. The first-order valence-corrected chi connectivity index (χ1v) is 6.04. The van der Waals surface area contributed by atoms with Crippen molar-refractivity contribution >= 4 is 18.2 Å². The van der Waals surface area contributed by atoms with Crippen LogP contribution < -0.4 is 5.73 Å². The maximum absolute atomic E-state index is 12.2. The van der Waals surface area contributed by atoms with Gasteiger partial charge in [-0.25, -0.2) is 4.79 Å².